The van der Waals surface area contributed by atoms with Crippen molar-refractivity contribution in [3.05, 3.63) is 42.0 Å². The Bertz CT molecular complexity index is 539. The van der Waals surface area contributed by atoms with Crippen LogP contribution in [0.4, 0.5) is 0 Å². The van der Waals surface area contributed by atoms with Gasteiger partial charge in [0.1, 0.15) is 0 Å². The van der Waals surface area contributed by atoms with Gasteiger partial charge in [-0.1, -0.05) is 71.5 Å². The van der Waals surface area contributed by atoms with Crippen LogP contribution in [0, 0.1) is 5.41 Å². The highest BCUT2D eigenvalue weighted by molar-refractivity contribution is 14.1. The number of esters is 1. The minimum Gasteiger partial charge on any atom is -0.465 e. The molecule has 1 atom stereocenters. The summed E-state index contributed by atoms with van der Waals surface area (Å²) in [7, 11) is 0. The van der Waals surface area contributed by atoms with Gasteiger partial charge in [0.25, 0.3) is 0 Å². The second kappa shape index (κ2) is 11.0. The van der Waals surface area contributed by atoms with Crippen LogP contribution in [0.3, 0.4) is 0 Å². The molecule has 0 fully saturated rings. The van der Waals surface area contributed by atoms with Crippen LogP contribution in [0.25, 0.3) is 6.08 Å². The lowest BCUT2D eigenvalue weighted by Crippen LogP contribution is -2.50. The smallest absolute Gasteiger partial charge is 0.314 e. The Labute approximate surface area is 166 Å². The third kappa shape index (κ3) is 6.74. The highest BCUT2D eigenvalue weighted by Crippen LogP contribution is 2.40. The molecular formula is C21H31IO3. The summed E-state index contributed by atoms with van der Waals surface area (Å²) in [6, 6.07) is 10.1. The zero-order chi connectivity index (χ0) is 18.8. The fourth-order valence-corrected chi connectivity index (χ4v) is 3.22. The van der Waals surface area contributed by atoms with Gasteiger partial charge in [-0.3, -0.25) is 4.79 Å². The van der Waals surface area contributed by atoms with Crippen molar-refractivity contribution in [3.8, 4) is 0 Å². The summed E-state index contributed by atoms with van der Waals surface area (Å²) < 4.78 is 12.6. The first-order chi connectivity index (χ1) is 11.9. The quantitative estimate of drug-likeness (QED) is 0.186. The summed E-state index contributed by atoms with van der Waals surface area (Å²) in [5.41, 5.74) is -0.125. The monoisotopic (exact) mass is 458 g/mol. The van der Waals surface area contributed by atoms with Gasteiger partial charge in [0.15, 0.2) is 0 Å². The van der Waals surface area contributed by atoms with E-state index < -0.39 is 11.0 Å². The number of carbonyl (C=O) groups is 1. The van der Waals surface area contributed by atoms with Crippen LogP contribution in [-0.4, -0.2) is 29.2 Å². The van der Waals surface area contributed by atoms with Gasteiger partial charge in [-0.15, -0.1) is 0 Å². The third-order valence-corrected chi connectivity index (χ3v) is 5.53. The van der Waals surface area contributed by atoms with Crippen LogP contribution in [0.1, 0.15) is 52.5 Å². The molecule has 3 nitrogen and oxygen atoms in total. The molecule has 1 aromatic rings. The van der Waals surface area contributed by atoms with Crippen molar-refractivity contribution in [2.45, 2.75) is 52.6 Å². The molecule has 0 spiro atoms. The molecule has 0 aliphatic carbocycles. The molecule has 0 amide bonds. The summed E-state index contributed by atoms with van der Waals surface area (Å²) in [6.07, 6.45) is 6.88. The summed E-state index contributed by atoms with van der Waals surface area (Å²) >= 11 is 2.37. The minimum absolute atomic E-state index is 0.166. The molecule has 140 valence electrons. The fourth-order valence-electron chi connectivity index (χ4n) is 2.68. The van der Waals surface area contributed by atoms with E-state index >= 15 is 0 Å². The van der Waals surface area contributed by atoms with Crippen molar-refractivity contribution in [3.63, 3.8) is 0 Å². The van der Waals surface area contributed by atoms with Gasteiger partial charge in [0.2, 0.25) is 0 Å². The molecule has 1 rings (SSSR count). The Morgan fingerprint density at radius 2 is 1.84 bits per heavy atom. The van der Waals surface area contributed by atoms with Crippen LogP contribution in [0.2, 0.25) is 0 Å². The van der Waals surface area contributed by atoms with Crippen LogP contribution < -0.4 is 0 Å². The second-order valence-corrected chi connectivity index (χ2v) is 7.91. The molecule has 0 bridgehead atoms. The molecular weight excluding hydrogens is 427 g/mol. The van der Waals surface area contributed by atoms with Crippen molar-refractivity contribution >= 4 is 34.6 Å². The number of alkyl halides is 1. The van der Waals surface area contributed by atoms with Crippen LogP contribution in [-0.2, 0) is 14.3 Å². The Hall–Kier alpha value is -0.880. The number of benzene rings is 1. The molecule has 0 saturated heterocycles. The number of ether oxygens (including phenoxy) is 2. The fraction of sp³-hybridized carbons (Fsp3) is 0.571. The maximum Gasteiger partial charge on any atom is 0.314 e. The zero-order valence-electron chi connectivity index (χ0n) is 15.9. The van der Waals surface area contributed by atoms with Gasteiger partial charge in [0.05, 0.1) is 24.2 Å². The first-order valence-corrected chi connectivity index (χ1v) is 10.5. The molecule has 0 saturated carbocycles. The second-order valence-electron chi connectivity index (χ2n) is 6.83. The number of unbranched alkanes of at least 4 members (excludes halogenated alkanes) is 1. The first-order valence-electron chi connectivity index (χ1n) is 8.96. The molecule has 0 aliphatic rings. The molecule has 0 N–H and O–H groups in total. The van der Waals surface area contributed by atoms with E-state index in [1.807, 2.05) is 58.0 Å². The Balaban J connectivity index is 2.76. The molecule has 1 aromatic carbocycles. The van der Waals surface area contributed by atoms with E-state index in [2.05, 4.69) is 34.7 Å². The number of hydrogen-bond acceptors (Lipinski definition) is 3. The van der Waals surface area contributed by atoms with Gasteiger partial charge >= 0.3 is 5.97 Å². The van der Waals surface area contributed by atoms with Gasteiger partial charge < -0.3 is 9.47 Å². The Kier molecular flexibility index (Phi) is 9.72. The van der Waals surface area contributed by atoms with Crippen molar-refractivity contribution in [2.75, 3.05) is 17.6 Å². The maximum absolute atomic E-state index is 12.6. The average Bonchev–Trinajstić information content (AvgIpc) is 2.59. The Morgan fingerprint density at radius 3 is 2.44 bits per heavy atom. The Morgan fingerprint density at radius 1 is 1.16 bits per heavy atom. The van der Waals surface area contributed by atoms with Crippen LogP contribution >= 0.6 is 22.6 Å². The predicted octanol–water partition coefficient (Wildman–Crippen LogP) is 5.67. The van der Waals surface area contributed by atoms with Gasteiger partial charge in [-0.05, 0) is 50.5 Å². The van der Waals surface area contributed by atoms with Crippen LogP contribution in [0.15, 0.2) is 36.4 Å². The normalized spacial score (nSPS) is 14.4. The molecule has 25 heavy (non-hydrogen) atoms. The number of rotatable bonds is 11. The summed E-state index contributed by atoms with van der Waals surface area (Å²) in [5.74, 6) is -0.166. The molecule has 4 heteroatoms. The third-order valence-electron chi connectivity index (χ3n) is 4.77. The van der Waals surface area contributed by atoms with Gasteiger partial charge in [-0.25, -0.2) is 0 Å². The van der Waals surface area contributed by atoms with Crippen molar-refractivity contribution in [1.82, 2.24) is 0 Å². The summed E-state index contributed by atoms with van der Waals surface area (Å²) in [6.45, 7) is 8.65. The standard InChI is InChI=1S/C21H31IO3/c1-5-24-19(23)21(4,15-9-10-16-22)20(2,3)25-17-11-14-18-12-7-6-8-13-18/h6-8,11-14H,5,9-10,15-17H2,1-4H3/b14-11+. The molecule has 0 heterocycles. The molecule has 0 radical (unpaired) electrons. The average molecular weight is 458 g/mol. The number of halogens is 1. The summed E-state index contributed by atoms with van der Waals surface area (Å²) in [5, 5.41) is 0. The minimum atomic E-state index is -0.657. The van der Waals surface area contributed by atoms with E-state index in [4.69, 9.17) is 9.47 Å². The lowest BCUT2D eigenvalue weighted by atomic mass is 9.71. The molecule has 1 unspecified atom stereocenters. The molecule has 0 aromatic heterocycles. The van der Waals surface area contributed by atoms with E-state index in [9.17, 15) is 4.79 Å². The van der Waals surface area contributed by atoms with Gasteiger partial charge in [-0.2, -0.15) is 0 Å². The largest absolute Gasteiger partial charge is 0.465 e. The molecule has 0 aliphatic heterocycles. The lowest BCUT2D eigenvalue weighted by molar-refractivity contribution is -0.176. The number of hydrogen-bond donors (Lipinski definition) is 0. The zero-order valence-corrected chi connectivity index (χ0v) is 18.0. The van der Waals surface area contributed by atoms with E-state index in [1.165, 1.54) is 0 Å². The van der Waals surface area contributed by atoms with Crippen LogP contribution in [0.5, 0.6) is 0 Å². The number of carbonyl (C=O) groups excluding carboxylic acids is 1. The van der Waals surface area contributed by atoms with E-state index in [0.29, 0.717) is 13.2 Å². The van der Waals surface area contributed by atoms with Crippen molar-refractivity contribution in [2.24, 2.45) is 5.41 Å². The van der Waals surface area contributed by atoms with Gasteiger partial charge in [0, 0.05) is 0 Å². The first kappa shape index (κ1) is 22.2. The summed E-state index contributed by atoms with van der Waals surface area (Å²) in [4.78, 5) is 12.6. The van der Waals surface area contributed by atoms with E-state index in [1.54, 1.807) is 0 Å². The topological polar surface area (TPSA) is 35.5 Å². The highest BCUT2D eigenvalue weighted by atomic mass is 127. The lowest BCUT2D eigenvalue weighted by Gasteiger charge is -2.41. The van der Waals surface area contributed by atoms with E-state index in [-0.39, 0.29) is 5.97 Å². The van der Waals surface area contributed by atoms with Crippen molar-refractivity contribution < 1.29 is 14.3 Å². The maximum atomic E-state index is 12.6. The van der Waals surface area contributed by atoms with Crippen molar-refractivity contribution in [1.29, 1.82) is 0 Å². The SMILES string of the molecule is CCOC(=O)C(C)(CCCCI)C(C)(C)OC/C=C/c1ccccc1. The highest BCUT2D eigenvalue weighted by Gasteiger charge is 2.48. The predicted molar refractivity (Wildman–Crippen MR) is 113 cm³/mol. The van der Waals surface area contributed by atoms with E-state index in [0.717, 1.165) is 29.3 Å².